The Balaban J connectivity index is 1.83. The minimum absolute atomic E-state index is 0.246. The van der Waals surface area contributed by atoms with Crippen LogP contribution < -0.4 is 0 Å². The minimum Gasteiger partial charge on any atom is -0.480 e. The third kappa shape index (κ3) is 3.25. The Morgan fingerprint density at radius 2 is 2.00 bits per heavy atom. The zero-order valence-electron chi connectivity index (χ0n) is 10.6. The normalized spacial score (nSPS) is 28.2. The smallest absolute Gasteiger partial charge is 0.320 e. The van der Waals surface area contributed by atoms with E-state index in [0.717, 1.165) is 51.9 Å². The predicted molar refractivity (Wildman–Crippen MR) is 71.8 cm³/mol. The molecule has 5 heteroatoms. The summed E-state index contributed by atoms with van der Waals surface area (Å²) in [5, 5.41) is 9.21. The van der Waals surface area contributed by atoms with E-state index in [1.54, 1.807) is 5.54 Å². The molecule has 1 atom stereocenters. The molecule has 0 aromatic carbocycles. The minimum atomic E-state index is -0.653. The summed E-state index contributed by atoms with van der Waals surface area (Å²) in [6, 6.07) is 0.203. The zero-order valence-corrected chi connectivity index (χ0v) is 11.4. The predicted octanol–water partition coefficient (Wildman–Crippen LogP) is 1.75. The maximum Gasteiger partial charge on any atom is 0.320 e. The second-order valence-electron chi connectivity index (χ2n) is 5.13. The van der Waals surface area contributed by atoms with Gasteiger partial charge in [-0.3, -0.25) is 14.6 Å². The lowest BCUT2D eigenvalue weighted by atomic mass is 10.0. The monoisotopic (exact) mass is 272 g/mol. The first-order chi connectivity index (χ1) is 8.72. The van der Waals surface area contributed by atoms with E-state index in [9.17, 15) is 9.90 Å². The van der Waals surface area contributed by atoms with E-state index in [2.05, 4.69) is 9.80 Å². The summed E-state index contributed by atoms with van der Waals surface area (Å²) in [6.45, 7) is 3.92. The van der Waals surface area contributed by atoms with Crippen molar-refractivity contribution in [2.24, 2.45) is 0 Å². The fraction of sp³-hybridized carbons (Fsp3) is 0.769. The summed E-state index contributed by atoms with van der Waals surface area (Å²) >= 11 is 5.53. The van der Waals surface area contributed by atoms with Gasteiger partial charge in [0, 0.05) is 18.1 Å². The Kier molecular flexibility index (Phi) is 5.03. The topological polar surface area (TPSA) is 43.8 Å². The number of hydrogen-bond donors (Lipinski definition) is 1. The van der Waals surface area contributed by atoms with E-state index < -0.39 is 5.97 Å². The number of likely N-dealkylation sites (tertiary alicyclic amines) is 2. The molecule has 0 aromatic rings. The van der Waals surface area contributed by atoms with Gasteiger partial charge >= 0.3 is 5.97 Å². The van der Waals surface area contributed by atoms with Gasteiger partial charge in [-0.25, -0.2) is 0 Å². The van der Waals surface area contributed by atoms with Crippen LogP contribution in [0.3, 0.4) is 0 Å². The summed E-state index contributed by atoms with van der Waals surface area (Å²) in [5.74, 6) is -0.653. The van der Waals surface area contributed by atoms with Crippen LogP contribution in [0.15, 0.2) is 11.6 Å². The van der Waals surface area contributed by atoms with Gasteiger partial charge < -0.3 is 5.11 Å². The van der Waals surface area contributed by atoms with Gasteiger partial charge in [0.25, 0.3) is 0 Å². The number of aliphatic carboxylic acids is 1. The van der Waals surface area contributed by atoms with Crippen LogP contribution in [-0.2, 0) is 4.79 Å². The quantitative estimate of drug-likeness (QED) is 0.847. The molecule has 1 N–H and O–H groups in total. The molecule has 0 amide bonds. The lowest BCUT2D eigenvalue weighted by Gasteiger charge is -2.38. The molecule has 102 valence electrons. The van der Waals surface area contributed by atoms with Gasteiger partial charge in [-0.15, -0.1) is 0 Å². The highest BCUT2D eigenvalue weighted by molar-refractivity contribution is 6.25. The molecule has 2 saturated heterocycles. The molecule has 0 bridgehead atoms. The molecule has 2 heterocycles. The van der Waals surface area contributed by atoms with Crippen molar-refractivity contribution in [2.75, 3.05) is 26.2 Å². The van der Waals surface area contributed by atoms with Crippen LogP contribution in [0.1, 0.15) is 25.7 Å². The highest BCUT2D eigenvalue weighted by Crippen LogP contribution is 2.26. The average Bonchev–Trinajstić information content (AvgIpc) is 2.86. The first kappa shape index (κ1) is 13.8. The lowest BCUT2D eigenvalue weighted by molar-refractivity contribution is -0.143. The summed E-state index contributed by atoms with van der Waals surface area (Å²) in [5.41, 5.74) is 1.56. The largest absolute Gasteiger partial charge is 0.480 e. The van der Waals surface area contributed by atoms with Crippen LogP contribution in [-0.4, -0.2) is 59.1 Å². The molecule has 2 aliphatic rings. The van der Waals surface area contributed by atoms with E-state index in [1.807, 2.05) is 6.08 Å². The summed E-state index contributed by atoms with van der Waals surface area (Å²) in [4.78, 5) is 15.8. The fourth-order valence-corrected chi connectivity index (χ4v) is 3.19. The standard InChI is InChI=1S/C13H21ClN2O2/c14-6-2-7-15-9-4-11(5-10-15)16-8-1-3-12(16)13(17)18/h2,6,11-12H,1,3-5,7-10H2,(H,17,18)/b6-2+. The Labute approximate surface area is 113 Å². The summed E-state index contributed by atoms with van der Waals surface area (Å²) in [7, 11) is 0. The number of nitrogens with zero attached hydrogens (tertiary/aromatic N) is 2. The number of halogens is 1. The van der Waals surface area contributed by atoms with Gasteiger partial charge in [0.05, 0.1) is 0 Å². The van der Waals surface area contributed by atoms with Gasteiger partial charge in [0.1, 0.15) is 6.04 Å². The maximum atomic E-state index is 11.2. The molecule has 1 unspecified atom stereocenters. The third-order valence-electron chi connectivity index (χ3n) is 4.06. The molecular formula is C13H21ClN2O2. The molecule has 0 saturated carbocycles. The fourth-order valence-electron chi connectivity index (χ4n) is 3.11. The highest BCUT2D eigenvalue weighted by Gasteiger charge is 2.36. The van der Waals surface area contributed by atoms with E-state index in [1.165, 1.54) is 0 Å². The van der Waals surface area contributed by atoms with Crippen LogP contribution >= 0.6 is 11.6 Å². The second kappa shape index (κ2) is 6.55. The molecule has 18 heavy (non-hydrogen) atoms. The highest BCUT2D eigenvalue weighted by atomic mass is 35.5. The van der Waals surface area contributed by atoms with Crippen LogP contribution in [0, 0.1) is 0 Å². The van der Waals surface area contributed by atoms with Gasteiger partial charge in [-0.2, -0.15) is 0 Å². The van der Waals surface area contributed by atoms with Crippen LogP contribution in [0.25, 0.3) is 0 Å². The SMILES string of the molecule is O=C(O)C1CCCN1C1CCN(C/C=C/Cl)CC1. The van der Waals surface area contributed by atoms with E-state index in [4.69, 9.17) is 11.6 Å². The molecule has 2 fully saturated rings. The maximum absolute atomic E-state index is 11.2. The Bertz CT molecular complexity index is 314. The van der Waals surface area contributed by atoms with Crippen molar-refractivity contribution in [3.63, 3.8) is 0 Å². The lowest BCUT2D eigenvalue weighted by Crippen LogP contribution is -2.48. The van der Waals surface area contributed by atoms with Gasteiger partial charge in [0.2, 0.25) is 0 Å². The van der Waals surface area contributed by atoms with Crippen LogP contribution in [0.5, 0.6) is 0 Å². The van der Waals surface area contributed by atoms with Crippen molar-refractivity contribution in [1.29, 1.82) is 0 Å². The van der Waals surface area contributed by atoms with Crippen molar-refractivity contribution in [3.05, 3.63) is 11.6 Å². The summed E-state index contributed by atoms with van der Waals surface area (Å²) < 4.78 is 0. The van der Waals surface area contributed by atoms with Crippen molar-refractivity contribution in [3.8, 4) is 0 Å². The number of carboxylic acid groups (broad SMARTS) is 1. The first-order valence-corrected chi connectivity index (χ1v) is 7.12. The number of carboxylic acids is 1. The third-order valence-corrected chi connectivity index (χ3v) is 4.24. The molecule has 0 radical (unpaired) electrons. The van der Waals surface area contributed by atoms with Crippen molar-refractivity contribution in [2.45, 2.75) is 37.8 Å². The Morgan fingerprint density at radius 1 is 1.28 bits per heavy atom. The molecular weight excluding hydrogens is 252 g/mol. The molecule has 2 aliphatic heterocycles. The molecule has 2 rings (SSSR count). The molecule has 0 aromatic heterocycles. The van der Waals surface area contributed by atoms with Crippen molar-refractivity contribution >= 4 is 17.6 Å². The van der Waals surface area contributed by atoms with E-state index >= 15 is 0 Å². The Hall–Kier alpha value is -0.580. The van der Waals surface area contributed by atoms with Gasteiger partial charge in [0.15, 0.2) is 0 Å². The second-order valence-corrected chi connectivity index (χ2v) is 5.38. The first-order valence-electron chi connectivity index (χ1n) is 6.68. The molecule has 0 aliphatic carbocycles. The van der Waals surface area contributed by atoms with E-state index in [-0.39, 0.29) is 6.04 Å². The van der Waals surface area contributed by atoms with Gasteiger partial charge in [-0.1, -0.05) is 17.7 Å². The number of hydrogen-bond acceptors (Lipinski definition) is 3. The van der Waals surface area contributed by atoms with E-state index in [0.29, 0.717) is 6.04 Å². The average molecular weight is 273 g/mol. The Morgan fingerprint density at radius 3 is 2.61 bits per heavy atom. The number of rotatable bonds is 4. The number of carbonyl (C=O) groups is 1. The van der Waals surface area contributed by atoms with Crippen LogP contribution in [0.2, 0.25) is 0 Å². The van der Waals surface area contributed by atoms with Crippen molar-refractivity contribution < 1.29 is 9.90 Å². The molecule has 0 spiro atoms. The van der Waals surface area contributed by atoms with Gasteiger partial charge in [-0.05, 0) is 45.3 Å². The summed E-state index contributed by atoms with van der Waals surface area (Å²) in [6.07, 6.45) is 5.92. The number of piperidine rings is 1. The zero-order chi connectivity index (χ0) is 13.0. The molecule has 4 nitrogen and oxygen atoms in total. The van der Waals surface area contributed by atoms with Crippen LogP contribution in [0.4, 0.5) is 0 Å². The van der Waals surface area contributed by atoms with Crippen molar-refractivity contribution in [1.82, 2.24) is 9.80 Å².